The Morgan fingerprint density at radius 3 is 2.47 bits per heavy atom. The van der Waals surface area contributed by atoms with E-state index in [4.69, 9.17) is 5.73 Å². The molecule has 2 amide bonds. The van der Waals surface area contributed by atoms with Gasteiger partial charge in [-0.3, -0.25) is 0 Å². The molecule has 0 bridgehead atoms. The van der Waals surface area contributed by atoms with Gasteiger partial charge in [0.15, 0.2) is 0 Å². The number of nitrogens with zero attached hydrogens (tertiary/aromatic N) is 1. The number of aryl methyl sites for hydroxylation is 2. The van der Waals surface area contributed by atoms with E-state index in [2.05, 4.69) is 37.4 Å². The number of carbonyl (C=O) groups excluding carboxylic acids is 1. The molecule has 19 heavy (non-hydrogen) atoms. The van der Waals surface area contributed by atoms with E-state index in [1.54, 1.807) is 4.90 Å². The van der Waals surface area contributed by atoms with Crippen LogP contribution in [0.1, 0.15) is 36.6 Å². The van der Waals surface area contributed by atoms with E-state index in [9.17, 15) is 4.79 Å². The van der Waals surface area contributed by atoms with E-state index < -0.39 is 0 Å². The van der Waals surface area contributed by atoms with Crippen LogP contribution in [0.2, 0.25) is 0 Å². The first-order valence-corrected chi connectivity index (χ1v) is 7.05. The number of carbonyl (C=O) groups is 1. The van der Waals surface area contributed by atoms with Gasteiger partial charge < -0.3 is 16.0 Å². The van der Waals surface area contributed by atoms with Crippen molar-refractivity contribution < 1.29 is 4.79 Å². The molecule has 2 rings (SSSR count). The fourth-order valence-electron chi connectivity index (χ4n) is 2.66. The van der Waals surface area contributed by atoms with Gasteiger partial charge in [0.25, 0.3) is 0 Å². The fourth-order valence-corrected chi connectivity index (χ4v) is 2.66. The summed E-state index contributed by atoms with van der Waals surface area (Å²) in [5.74, 6) is 0. The molecule has 1 aromatic carbocycles. The summed E-state index contributed by atoms with van der Waals surface area (Å²) in [4.78, 5) is 13.3. The van der Waals surface area contributed by atoms with E-state index in [0.717, 1.165) is 25.9 Å². The number of rotatable bonds is 3. The molecule has 0 aromatic heterocycles. The molecular weight excluding hydrogens is 238 g/mol. The Hall–Kier alpha value is -1.55. The molecule has 1 saturated heterocycles. The number of hydrogen-bond acceptors (Lipinski definition) is 2. The van der Waals surface area contributed by atoms with Gasteiger partial charge in [0, 0.05) is 19.6 Å². The smallest absolute Gasteiger partial charge is 0.315 e. The van der Waals surface area contributed by atoms with Crippen molar-refractivity contribution in [1.82, 2.24) is 10.2 Å². The first-order valence-electron chi connectivity index (χ1n) is 7.05. The normalized spacial score (nSPS) is 19.5. The van der Waals surface area contributed by atoms with Gasteiger partial charge in [0.1, 0.15) is 0 Å². The number of nitrogens with one attached hydrogen (secondary N) is 1. The predicted octanol–water partition coefficient (Wildman–Crippen LogP) is 1.84. The molecule has 0 radical (unpaired) electrons. The van der Waals surface area contributed by atoms with Gasteiger partial charge in [-0.15, -0.1) is 0 Å². The van der Waals surface area contributed by atoms with Gasteiger partial charge in [0.2, 0.25) is 0 Å². The zero-order valence-corrected chi connectivity index (χ0v) is 11.8. The minimum Gasteiger partial charge on any atom is -0.351 e. The third-order valence-corrected chi connectivity index (χ3v) is 3.80. The number of primary amides is 1. The molecule has 3 N–H and O–H groups in total. The van der Waals surface area contributed by atoms with Gasteiger partial charge in [-0.05, 0) is 29.5 Å². The van der Waals surface area contributed by atoms with Crippen molar-refractivity contribution in [3.8, 4) is 0 Å². The van der Waals surface area contributed by atoms with Gasteiger partial charge in [-0.2, -0.15) is 0 Å². The Morgan fingerprint density at radius 1 is 1.32 bits per heavy atom. The molecular formula is C15H23N3O. The van der Waals surface area contributed by atoms with E-state index >= 15 is 0 Å². The summed E-state index contributed by atoms with van der Waals surface area (Å²) in [5.41, 5.74) is 9.34. The van der Waals surface area contributed by atoms with Crippen LogP contribution in [0.4, 0.5) is 4.79 Å². The molecule has 1 unspecified atom stereocenters. The summed E-state index contributed by atoms with van der Waals surface area (Å²) >= 11 is 0. The molecule has 1 fully saturated rings. The lowest BCUT2D eigenvalue weighted by molar-refractivity contribution is 0.167. The molecule has 1 heterocycles. The minimum atomic E-state index is -0.327. The third-order valence-electron chi connectivity index (χ3n) is 3.80. The van der Waals surface area contributed by atoms with Gasteiger partial charge in [-0.1, -0.05) is 32.0 Å². The van der Waals surface area contributed by atoms with Crippen LogP contribution in [0.15, 0.2) is 18.2 Å². The first-order chi connectivity index (χ1) is 9.15. The molecule has 1 atom stereocenters. The molecule has 1 aromatic rings. The van der Waals surface area contributed by atoms with Crippen LogP contribution in [0.3, 0.4) is 0 Å². The second-order valence-corrected chi connectivity index (χ2v) is 5.04. The van der Waals surface area contributed by atoms with E-state index in [0.29, 0.717) is 6.54 Å². The van der Waals surface area contributed by atoms with Crippen molar-refractivity contribution in [1.29, 1.82) is 0 Å². The number of amides is 2. The maximum Gasteiger partial charge on any atom is 0.315 e. The Morgan fingerprint density at radius 2 is 1.95 bits per heavy atom. The Bertz CT molecular complexity index is 436. The minimum absolute atomic E-state index is 0.0584. The maximum absolute atomic E-state index is 11.6. The summed E-state index contributed by atoms with van der Waals surface area (Å²) in [6, 6.07) is 6.38. The zero-order chi connectivity index (χ0) is 13.8. The van der Waals surface area contributed by atoms with Crippen molar-refractivity contribution in [2.45, 2.75) is 32.7 Å². The molecule has 104 valence electrons. The Kier molecular flexibility index (Phi) is 4.43. The van der Waals surface area contributed by atoms with Crippen LogP contribution >= 0.6 is 0 Å². The average molecular weight is 261 g/mol. The SMILES string of the molecule is CCc1cc(CC)cc(C2CNCCN2C(N)=O)c1. The summed E-state index contributed by atoms with van der Waals surface area (Å²) in [5, 5.41) is 3.34. The third kappa shape index (κ3) is 3.07. The highest BCUT2D eigenvalue weighted by Crippen LogP contribution is 2.24. The molecule has 4 heteroatoms. The number of benzene rings is 1. The number of piperazine rings is 1. The van der Waals surface area contributed by atoms with E-state index in [1.165, 1.54) is 16.7 Å². The molecule has 0 aliphatic carbocycles. The molecule has 0 saturated carbocycles. The van der Waals surface area contributed by atoms with Crippen molar-refractivity contribution in [2.24, 2.45) is 5.73 Å². The predicted molar refractivity (Wildman–Crippen MR) is 77.1 cm³/mol. The summed E-state index contributed by atoms with van der Waals surface area (Å²) in [6.07, 6.45) is 2.02. The second-order valence-electron chi connectivity index (χ2n) is 5.04. The Balaban J connectivity index is 2.35. The fraction of sp³-hybridized carbons (Fsp3) is 0.533. The van der Waals surface area contributed by atoms with Crippen molar-refractivity contribution in [2.75, 3.05) is 19.6 Å². The molecule has 0 spiro atoms. The van der Waals surface area contributed by atoms with Crippen molar-refractivity contribution >= 4 is 6.03 Å². The van der Waals surface area contributed by atoms with Crippen molar-refractivity contribution in [3.63, 3.8) is 0 Å². The van der Waals surface area contributed by atoms with Gasteiger partial charge in [-0.25, -0.2) is 4.79 Å². The second kappa shape index (κ2) is 6.06. The highest BCUT2D eigenvalue weighted by Gasteiger charge is 2.26. The quantitative estimate of drug-likeness (QED) is 0.872. The Labute approximate surface area is 115 Å². The van der Waals surface area contributed by atoms with Gasteiger partial charge in [0.05, 0.1) is 6.04 Å². The topological polar surface area (TPSA) is 58.4 Å². The number of urea groups is 1. The first kappa shape index (κ1) is 13.9. The van der Waals surface area contributed by atoms with Crippen LogP contribution in [0.5, 0.6) is 0 Å². The van der Waals surface area contributed by atoms with E-state index in [1.807, 2.05) is 0 Å². The summed E-state index contributed by atoms with van der Waals surface area (Å²) in [7, 11) is 0. The van der Waals surface area contributed by atoms with Crippen LogP contribution < -0.4 is 11.1 Å². The lowest BCUT2D eigenvalue weighted by Gasteiger charge is -2.35. The standard InChI is InChI=1S/C15H23N3O/c1-3-11-7-12(4-2)9-13(8-11)14-10-17-5-6-18(14)15(16)19/h7-9,14,17H,3-6,10H2,1-2H3,(H2,16,19). The van der Waals surface area contributed by atoms with Gasteiger partial charge >= 0.3 is 6.03 Å². The van der Waals surface area contributed by atoms with Crippen LogP contribution in [-0.2, 0) is 12.8 Å². The molecule has 1 aliphatic rings. The zero-order valence-electron chi connectivity index (χ0n) is 11.8. The summed E-state index contributed by atoms with van der Waals surface area (Å²) < 4.78 is 0. The van der Waals surface area contributed by atoms with Crippen LogP contribution in [0, 0.1) is 0 Å². The number of hydrogen-bond donors (Lipinski definition) is 2. The lowest BCUT2D eigenvalue weighted by Crippen LogP contribution is -2.50. The maximum atomic E-state index is 11.6. The van der Waals surface area contributed by atoms with Crippen molar-refractivity contribution in [3.05, 3.63) is 34.9 Å². The highest BCUT2D eigenvalue weighted by molar-refractivity contribution is 5.72. The van der Waals surface area contributed by atoms with E-state index in [-0.39, 0.29) is 12.1 Å². The van der Waals surface area contributed by atoms with Crippen LogP contribution in [-0.4, -0.2) is 30.6 Å². The average Bonchev–Trinajstić information content (AvgIpc) is 2.46. The highest BCUT2D eigenvalue weighted by atomic mass is 16.2. The van der Waals surface area contributed by atoms with Crippen LogP contribution in [0.25, 0.3) is 0 Å². The lowest BCUT2D eigenvalue weighted by atomic mass is 9.96. The summed E-state index contributed by atoms with van der Waals surface area (Å²) in [6.45, 7) is 6.58. The monoisotopic (exact) mass is 261 g/mol. The number of nitrogens with two attached hydrogens (primary N) is 1. The largest absolute Gasteiger partial charge is 0.351 e. The molecule has 1 aliphatic heterocycles. The molecule has 4 nitrogen and oxygen atoms in total.